The van der Waals surface area contributed by atoms with Crippen LogP contribution in [0.1, 0.15) is 61.0 Å². The number of nitrogens with zero attached hydrogens (tertiary/aromatic N) is 1. The van der Waals surface area contributed by atoms with Gasteiger partial charge in [0.25, 0.3) is 0 Å². The molecule has 0 N–H and O–H groups in total. The van der Waals surface area contributed by atoms with Gasteiger partial charge < -0.3 is 0 Å². The molecule has 0 spiro atoms. The Balaban J connectivity index is 2.89. The number of benzene rings is 1. The van der Waals surface area contributed by atoms with E-state index in [2.05, 4.69) is 87.0 Å². The van der Waals surface area contributed by atoms with Gasteiger partial charge in [-0.15, -0.1) is 0 Å². The van der Waals surface area contributed by atoms with Gasteiger partial charge in [-0.3, -0.25) is 0 Å². The summed E-state index contributed by atoms with van der Waals surface area (Å²) in [6.07, 6.45) is 0.816. The first-order valence-electron chi connectivity index (χ1n) is 11.0. The van der Waals surface area contributed by atoms with E-state index in [1.54, 1.807) is 0 Å². The maximum atomic E-state index is 9.05. The monoisotopic (exact) mass is 430 g/mol. The second-order valence-corrected chi connectivity index (χ2v) is 21.6. The summed E-state index contributed by atoms with van der Waals surface area (Å²) < 4.78 is 21.6. The van der Waals surface area contributed by atoms with E-state index < -0.39 is 25.1 Å². The van der Waals surface area contributed by atoms with Crippen LogP contribution in [0.25, 0.3) is 11.3 Å². The van der Waals surface area contributed by atoms with Gasteiger partial charge in [0.2, 0.25) is 0 Å². The molecule has 0 saturated carbocycles. The molecule has 27 heavy (non-hydrogen) atoms. The Morgan fingerprint density at radius 1 is 1.00 bits per heavy atom. The van der Waals surface area contributed by atoms with Crippen LogP contribution in [0, 0.1) is 12.3 Å². The van der Waals surface area contributed by atoms with Crippen LogP contribution in [-0.4, -0.2) is 13.3 Å². The fourth-order valence-corrected chi connectivity index (χ4v) is 6.58. The van der Waals surface area contributed by atoms with Gasteiger partial charge in [-0.1, -0.05) is 0 Å². The van der Waals surface area contributed by atoms with Crippen molar-refractivity contribution in [3.63, 3.8) is 0 Å². The Morgan fingerprint density at radius 3 is 2.07 bits per heavy atom. The first-order chi connectivity index (χ1) is 12.9. The quantitative estimate of drug-likeness (QED) is 0.422. The summed E-state index contributed by atoms with van der Waals surface area (Å²) in [5, 5.41) is 0. The number of hydrogen-bond donors (Lipinski definition) is 0. The Hall–Kier alpha value is -1.09. The fourth-order valence-electron chi connectivity index (χ4n) is 3.39. The minimum absolute atomic E-state index is 0.0740. The fraction of sp³-hybridized carbons (Fsp3) is 0.560. The first-order valence-corrected chi connectivity index (χ1v) is 17.4. The molecule has 0 fully saturated rings. The molecular formula is C25H40GeN+. The van der Waals surface area contributed by atoms with Crippen LogP contribution < -0.4 is 8.96 Å². The molecule has 1 aromatic carbocycles. The van der Waals surface area contributed by atoms with Crippen molar-refractivity contribution < 1.29 is 7.31 Å². The van der Waals surface area contributed by atoms with Crippen LogP contribution in [0.15, 0.2) is 30.5 Å². The van der Waals surface area contributed by atoms with Crippen LogP contribution in [0.3, 0.4) is 0 Å². The molecule has 148 valence electrons. The predicted octanol–water partition coefficient (Wildman–Crippen LogP) is 5.92. The van der Waals surface area contributed by atoms with Crippen LogP contribution >= 0.6 is 0 Å². The third-order valence-corrected chi connectivity index (χ3v) is 9.20. The number of aryl methyl sites for hydroxylation is 2. The molecule has 2 heteroatoms. The molecule has 0 radical (unpaired) electrons. The second kappa shape index (κ2) is 7.39. The summed E-state index contributed by atoms with van der Waals surface area (Å²) in [5.74, 6) is 7.05. The van der Waals surface area contributed by atoms with Crippen LogP contribution in [0.5, 0.6) is 0 Å². The standard InChI is InChI=1S/C25H40GeN/c1-18-12-13-20(25(5,6)7)15-21(18)23-14-19(16-24(2,3)4)22(17-27(23)11)26(8,9)10/h12-15,17H,16H2,1-11H3/q+1/i16D2. The molecule has 0 atom stereocenters. The van der Waals surface area contributed by atoms with Crippen molar-refractivity contribution in [2.24, 2.45) is 12.5 Å². The van der Waals surface area contributed by atoms with Crippen molar-refractivity contribution in [3.8, 4) is 11.3 Å². The SMILES string of the molecule is [2H]C([2H])(c1cc(-c2cc(C(C)(C)C)ccc2C)[n+](C)c[c]1[Ge]([CH3])([CH3])[CH3])C(C)(C)C. The van der Waals surface area contributed by atoms with E-state index in [0.29, 0.717) is 0 Å². The number of pyridine rings is 1. The number of hydrogen-bond acceptors (Lipinski definition) is 0. The van der Waals surface area contributed by atoms with Crippen LogP contribution in [0.2, 0.25) is 17.3 Å². The third kappa shape index (κ3) is 5.47. The second-order valence-electron chi connectivity index (χ2n) is 11.0. The zero-order chi connectivity index (χ0) is 22.6. The minimum atomic E-state index is -2.29. The van der Waals surface area contributed by atoms with E-state index in [1.165, 1.54) is 21.1 Å². The maximum absolute atomic E-state index is 9.05. The molecule has 0 aliphatic heterocycles. The molecule has 2 rings (SSSR count). The molecule has 1 heterocycles. The van der Waals surface area contributed by atoms with E-state index in [4.69, 9.17) is 2.74 Å². The third-order valence-electron chi connectivity index (χ3n) is 4.97. The van der Waals surface area contributed by atoms with E-state index >= 15 is 0 Å². The van der Waals surface area contributed by atoms with Gasteiger partial charge in [-0.25, -0.2) is 0 Å². The molecule has 0 unspecified atom stereocenters. The zero-order valence-corrected chi connectivity index (χ0v) is 21.4. The van der Waals surface area contributed by atoms with Gasteiger partial charge in [0.1, 0.15) is 0 Å². The summed E-state index contributed by atoms with van der Waals surface area (Å²) in [5.41, 5.74) is 5.29. The van der Waals surface area contributed by atoms with Crippen molar-refractivity contribution in [1.29, 1.82) is 0 Å². The van der Waals surface area contributed by atoms with Crippen molar-refractivity contribution in [2.45, 2.75) is 77.5 Å². The van der Waals surface area contributed by atoms with Gasteiger partial charge in [-0.2, -0.15) is 0 Å². The topological polar surface area (TPSA) is 3.88 Å². The molecule has 0 aliphatic carbocycles. The van der Waals surface area contributed by atoms with Crippen molar-refractivity contribution in [2.75, 3.05) is 0 Å². The molecule has 1 aromatic heterocycles. The molecule has 0 bridgehead atoms. The molecule has 2 aromatic rings. The van der Waals surface area contributed by atoms with Crippen molar-refractivity contribution in [3.05, 3.63) is 47.2 Å². The summed E-state index contributed by atoms with van der Waals surface area (Å²) in [6.45, 7) is 14.9. The summed E-state index contributed by atoms with van der Waals surface area (Å²) in [4.78, 5) is 0. The van der Waals surface area contributed by atoms with Gasteiger partial charge in [0, 0.05) is 0 Å². The Bertz CT molecular complexity index is 910. The Kier molecular flexibility index (Phi) is 5.26. The van der Waals surface area contributed by atoms with Gasteiger partial charge >= 0.3 is 173 Å². The van der Waals surface area contributed by atoms with Gasteiger partial charge in [-0.05, 0) is 0 Å². The zero-order valence-electron chi connectivity index (χ0n) is 21.3. The van der Waals surface area contributed by atoms with Gasteiger partial charge in [0.15, 0.2) is 0 Å². The summed E-state index contributed by atoms with van der Waals surface area (Å²) in [6, 6.07) is 8.85. The molecular weight excluding hydrogens is 387 g/mol. The van der Waals surface area contributed by atoms with E-state index in [1.807, 2.05) is 20.8 Å². The van der Waals surface area contributed by atoms with E-state index in [9.17, 15) is 0 Å². The Morgan fingerprint density at radius 2 is 1.59 bits per heavy atom. The number of aromatic nitrogens is 1. The average molecular weight is 429 g/mol. The molecule has 0 aliphatic rings. The first kappa shape index (κ1) is 19.2. The average Bonchev–Trinajstić information content (AvgIpc) is 2.52. The molecule has 1 nitrogen and oxygen atoms in total. The summed E-state index contributed by atoms with van der Waals surface area (Å²) in [7, 11) is 2.10. The molecule has 0 saturated heterocycles. The van der Waals surface area contributed by atoms with Crippen LogP contribution in [0.4, 0.5) is 0 Å². The molecule has 0 amide bonds. The number of rotatable bonds is 3. The Labute approximate surface area is 173 Å². The predicted molar refractivity (Wildman–Crippen MR) is 123 cm³/mol. The van der Waals surface area contributed by atoms with Crippen molar-refractivity contribution >= 4 is 17.7 Å². The van der Waals surface area contributed by atoms with Crippen LogP contribution in [-0.2, 0) is 18.8 Å². The van der Waals surface area contributed by atoms with E-state index in [0.717, 1.165) is 11.3 Å². The summed E-state index contributed by atoms with van der Waals surface area (Å²) >= 11 is -2.29. The van der Waals surface area contributed by atoms with Gasteiger partial charge in [0.05, 0.1) is 0 Å². The van der Waals surface area contributed by atoms with Crippen molar-refractivity contribution in [1.82, 2.24) is 0 Å². The normalized spacial score (nSPS) is 14.8. The van der Waals surface area contributed by atoms with E-state index in [-0.39, 0.29) is 5.41 Å².